The average molecular weight is 408 g/mol. The molecule has 0 bridgehead atoms. The zero-order valence-electron chi connectivity index (χ0n) is 14.9. The van der Waals surface area contributed by atoms with Crippen LogP contribution in [0.15, 0.2) is 42.5 Å². The quantitative estimate of drug-likeness (QED) is 0.792. The van der Waals surface area contributed by atoms with Crippen molar-refractivity contribution >= 4 is 23.2 Å². The summed E-state index contributed by atoms with van der Waals surface area (Å²) >= 11 is 12.0. The van der Waals surface area contributed by atoms with E-state index in [0.29, 0.717) is 23.0 Å². The highest BCUT2D eigenvalue weighted by Crippen LogP contribution is 2.44. The SMILES string of the molecule is O[C@@H]1CC2(CCN(C[C@H](O)c3ccc(Cl)c(Cl)c3)CC2)Oc2ccccc21. The van der Waals surface area contributed by atoms with E-state index in [0.717, 1.165) is 42.8 Å². The lowest BCUT2D eigenvalue weighted by atomic mass is 9.81. The molecule has 2 aliphatic rings. The van der Waals surface area contributed by atoms with Gasteiger partial charge in [0.25, 0.3) is 0 Å². The second-order valence-corrected chi connectivity index (χ2v) is 8.35. The second kappa shape index (κ2) is 7.61. The van der Waals surface area contributed by atoms with Crippen LogP contribution in [0.25, 0.3) is 0 Å². The Morgan fingerprint density at radius 1 is 1.11 bits per heavy atom. The molecular formula is C21H23Cl2NO3. The van der Waals surface area contributed by atoms with Crippen LogP contribution in [0.4, 0.5) is 0 Å². The number of ether oxygens (including phenoxy) is 1. The van der Waals surface area contributed by atoms with Gasteiger partial charge in [-0.3, -0.25) is 0 Å². The fourth-order valence-corrected chi connectivity index (χ4v) is 4.41. The first kappa shape index (κ1) is 19.0. The Balaban J connectivity index is 1.38. The van der Waals surface area contributed by atoms with E-state index in [9.17, 15) is 10.2 Å². The van der Waals surface area contributed by atoms with Crippen LogP contribution in [-0.2, 0) is 0 Å². The number of halogens is 2. The number of hydrogen-bond acceptors (Lipinski definition) is 4. The molecule has 1 saturated heterocycles. The van der Waals surface area contributed by atoms with Crippen LogP contribution in [0.5, 0.6) is 5.75 Å². The molecule has 2 atom stereocenters. The van der Waals surface area contributed by atoms with E-state index in [1.807, 2.05) is 30.3 Å². The highest BCUT2D eigenvalue weighted by Gasteiger charge is 2.42. The van der Waals surface area contributed by atoms with Gasteiger partial charge < -0.3 is 19.8 Å². The van der Waals surface area contributed by atoms with Crippen molar-refractivity contribution in [2.45, 2.75) is 37.1 Å². The molecule has 4 rings (SSSR count). The van der Waals surface area contributed by atoms with E-state index in [2.05, 4.69) is 4.90 Å². The van der Waals surface area contributed by atoms with Gasteiger partial charge in [-0.1, -0.05) is 47.5 Å². The van der Waals surface area contributed by atoms with Crippen LogP contribution in [0.3, 0.4) is 0 Å². The molecule has 0 amide bonds. The Labute approximate surface area is 169 Å². The van der Waals surface area contributed by atoms with Gasteiger partial charge in [-0.15, -0.1) is 0 Å². The predicted molar refractivity (Wildman–Crippen MR) is 106 cm³/mol. The molecule has 27 heavy (non-hydrogen) atoms. The number of para-hydroxylation sites is 1. The van der Waals surface area contributed by atoms with Crippen LogP contribution >= 0.6 is 23.2 Å². The van der Waals surface area contributed by atoms with Gasteiger partial charge in [0.2, 0.25) is 0 Å². The summed E-state index contributed by atoms with van der Waals surface area (Å²) in [7, 11) is 0. The summed E-state index contributed by atoms with van der Waals surface area (Å²) < 4.78 is 6.32. The Bertz CT molecular complexity index is 821. The molecule has 1 spiro atoms. The van der Waals surface area contributed by atoms with Crippen LogP contribution in [0.2, 0.25) is 10.0 Å². The summed E-state index contributed by atoms with van der Waals surface area (Å²) in [5.74, 6) is 0.792. The maximum Gasteiger partial charge on any atom is 0.125 e. The number of aliphatic hydroxyl groups is 2. The minimum Gasteiger partial charge on any atom is -0.487 e. The maximum atomic E-state index is 10.5. The molecule has 4 nitrogen and oxygen atoms in total. The molecule has 0 aromatic heterocycles. The van der Waals surface area contributed by atoms with Crippen LogP contribution in [0.1, 0.15) is 42.6 Å². The minimum absolute atomic E-state index is 0.321. The highest BCUT2D eigenvalue weighted by atomic mass is 35.5. The molecule has 2 heterocycles. The Hall–Kier alpha value is -1.30. The van der Waals surface area contributed by atoms with E-state index in [1.165, 1.54) is 0 Å². The first-order valence-corrected chi connectivity index (χ1v) is 10.0. The normalized spacial score (nSPS) is 22.9. The third-order valence-electron chi connectivity index (χ3n) is 5.70. The fraction of sp³-hybridized carbons (Fsp3) is 0.429. The molecular weight excluding hydrogens is 385 g/mol. The molecule has 6 heteroatoms. The minimum atomic E-state index is -0.618. The van der Waals surface area contributed by atoms with Gasteiger partial charge in [-0.05, 0) is 36.6 Å². The monoisotopic (exact) mass is 407 g/mol. The van der Waals surface area contributed by atoms with Crippen molar-refractivity contribution in [3.05, 3.63) is 63.6 Å². The number of rotatable bonds is 3. The zero-order chi connectivity index (χ0) is 19.0. The summed E-state index contributed by atoms with van der Waals surface area (Å²) in [6, 6.07) is 13.0. The first-order valence-electron chi connectivity index (χ1n) is 9.27. The number of hydrogen-bond donors (Lipinski definition) is 2. The summed E-state index contributed by atoms with van der Waals surface area (Å²) in [6.45, 7) is 2.16. The number of likely N-dealkylation sites (tertiary alicyclic amines) is 1. The van der Waals surface area contributed by atoms with E-state index in [4.69, 9.17) is 27.9 Å². The third-order valence-corrected chi connectivity index (χ3v) is 6.44. The molecule has 2 aliphatic heterocycles. The molecule has 2 aromatic carbocycles. The van der Waals surface area contributed by atoms with E-state index >= 15 is 0 Å². The number of piperidine rings is 1. The van der Waals surface area contributed by atoms with Crippen molar-refractivity contribution in [2.24, 2.45) is 0 Å². The van der Waals surface area contributed by atoms with Gasteiger partial charge in [0.1, 0.15) is 11.4 Å². The predicted octanol–water partition coefficient (Wildman–Crippen LogP) is 4.38. The highest BCUT2D eigenvalue weighted by molar-refractivity contribution is 6.42. The van der Waals surface area contributed by atoms with Gasteiger partial charge >= 0.3 is 0 Å². The first-order chi connectivity index (χ1) is 13.0. The maximum absolute atomic E-state index is 10.5. The lowest BCUT2D eigenvalue weighted by Gasteiger charge is -2.46. The second-order valence-electron chi connectivity index (χ2n) is 7.53. The van der Waals surface area contributed by atoms with Gasteiger partial charge in [-0.2, -0.15) is 0 Å². The standard InChI is InChI=1S/C21H23Cl2NO3/c22-16-6-5-14(11-17(16)23)19(26)13-24-9-7-21(8-10-24)12-18(25)15-3-1-2-4-20(15)27-21/h1-6,11,18-19,25-26H,7-10,12-13H2/t18-,19+/m1/s1. The molecule has 0 saturated carbocycles. The van der Waals surface area contributed by atoms with Crippen molar-refractivity contribution in [1.29, 1.82) is 0 Å². The van der Waals surface area contributed by atoms with Crippen LogP contribution in [-0.4, -0.2) is 40.3 Å². The van der Waals surface area contributed by atoms with Crippen molar-refractivity contribution < 1.29 is 14.9 Å². The van der Waals surface area contributed by atoms with E-state index in [-0.39, 0.29) is 5.60 Å². The number of benzene rings is 2. The largest absolute Gasteiger partial charge is 0.487 e. The Morgan fingerprint density at radius 2 is 1.85 bits per heavy atom. The zero-order valence-corrected chi connectivity index (χ0v) is 16.5. The van der Waals surface area contributed by atoms with Crippen molar-refractivity contribution in [3.8, 4) is 5.75 Å². The Morgan fingerprint density at radius 3 is 2.59 bits per heavy atom. The smallest absolute Gasteiger partial charge is 0.125 e. The van der Waals surface area contributed by atoms with Crippen LogP contribution in [0, 0.1) is 0 Å². The number of β-amino-alcohol motifs (C(OH)–C–C–N with tert-alkyl or cyclic N) is 1. The summed E-state index contributed by atoms with van der Waals surface area (Å²) in [5.41, 5.74) is 1.32. The molecule has 0 radical (unpaired) electrons. The molecule has 2 aromatic rings. The van der Waals surface area contributed by atoms with E-state index < -0.39 is 12.2 Å². The Kier molecular flexibility index (Phi) is 5.36. The van der Waals surface area contributed by atoms with Crippen molar-refractivity contribution in [2.75, 3.05) is 19.6 Å². The topological polar surface area (TPSA) is 52.9 Å². The van der Waals surface area contributed by atoms with E-state index in [1.54, 1.807) is 12.1 Å². The lowest BCUT2D eigenvalue weighted by Crippen LogP contribution is -2.51. The van der Waals surface area contributed by atoms with Gasteiger partial charge in [0, 0.05) is 31.6 Å². The molecule has 2 N–H and O–H groups in total. The number of aliphatic hydroxyl groups excluding tert-OH is 2. The van der Waals surface area contributed by atoms with Gasteiger partial charge in [0.15, 0.2) is 0 Å². The molecule has 0 unspecified atom stereocenters. The fourth-order valence-electron chi connectivity index (χ4n) is 4.10. The van der Waals surface area contributed by atoms with Crippen molar-refractivity contribution in [1.82, 2.24) is 4.90 Å². The summed E-state index contributed by atoms with van der Waals surface area (Å²) in [6.07, 6.45) is 1.17. The molecule has 1 fully saturated rings. The van der Waals surface area contributed by atoms with Gasteiger partial charge in [-0.25, -0.2) is 0 Å². The third kappa shape index (κ3) is 3.96. The molecule has 0 aliphatic carbocycles. The van der Waals surface area contributed by atoms with Crippen LogP contribution < -0.4 is 4.74 Å². The summed E-state index contributed by atoms with van der Waals surface area (Å²) in [4.78, 5) is 2.23. The molecule has 144 valence electrons. The number of nitrogens with zero attached hydrogens (tertiary/aromatic N) is 1. The lowest BCUT2D eigenvalue weighted by molar-refractivity contribution is -0.0587. The number of fused-ring (bicyclic) bond motifs is 1. The average Bonchev–Trinajstić information content (AvgIpc) is 2.66. The van der Waals surface area contributed by atoms with Crippen molar-refractivity contribution in [3.63, 3.8) is 0 Å². The van der Waals surface area contributed by atoms with Gasteiger partial charge in [0.05, 0.1) is 22.3 Å². The summed E-state index contributed by atoms with van der Waals surface area (Å²) in [5, 5.41) is 22.0.